The summed E-state index contributed by atoms with van der Waals surface area (Å²) in [6, 6.07) is 0. The van der Waals surface area contributed by atoms with Gasteiger partial charge in [0, 0.05) is 6.54 Å². The molecule has 0 unspecified atom stereocenters. The summed E-state index contributed by atoms with van der Waals surface area (Å²) in [5.74, 6) is -1.28. The van der Waals surface area contributed by atoms with Crippen LogP contribution in [0.3, 0.4) is 0 Å². The van der Waals surface area contributed by atoms with Gasteiger partial charge in [-0.1, -0.05) is 0 Å². The van der Waals surface area contributed by atoms with Gasteiger partial charge >= 0.3 is 5.97 Å². The summed E-state index contributed by atoms with van der Waals surface area (Å²) >= 11 is 0. The molecule has 0 aromatic carbocycles. The molecule has 1 aromatic heterocycles. The first-order chi connectivity index (χ1) is 9.42. The second-order valence-corrected chi connectivity index (χ2v) is 5.32. The number of nitrogens with one attached hydrogen (secondary N) is 3. The summed E-state index contributed by atoms with van der Waals surface area (Å²) in [7, 11) is -4.05. The molecule has 1 aromatic rings. The number of esters is 1. The average molecular weight is 304 g/mol. The Morgan fingerprint density at radius 1 is 1.40 bits per heavy atom. The third-order valence-corrected chi connectivity index (χ3v) is 3.54. The first kappa shape index (κ1) is 16.1. The van der Waals surface area contributed by atoms with Crippen molar-refractivity contribution in [2.24, 2.45) is 0 Å². The molecule has 0 atom stereocenters. The number of carbonyl (C=O) groups is 2. The van der Waals surface area contributed by atoms with Crippen molar-refractivity contribution in [3.8, 4) is 0 Å². The first-order valence-electron chi connectivity index (χ1n) is 5.89. The van der Waals surface area contributed by atoms with Crippen LogP contribution in [0.4, 0.5) is 0 Å². The molecule has 0 spiro atoms. The quantitative estimate of drug-likeness (QED) is 0.554. The molecule has 0 aliphatic heterocycles. The Morgan fingerprint density at radius 3 is 2.70 bits per heavy atom. The number of hydrogen-bond donors (Lipinski definition) is 3. The number of carbonyl (C=O) groups excluding carboxylic acids is 2. The molecular weight excluding hydrogens is 288 g/mol. The molecule has 3 N–H and O–H groups in total. The van der Waals surface area contributed by atoms with Crippen molar-refractivity contribution in [3.63, 3.8) is 0 Å². The highest BCUT2D eigenvalue weighted by Gasteiger charge is 2.26. The summed E-state index contributed by atoms with van der Waals surface area (Å²) < 4.78 is 30.7. The fourth-order valence-corrected chi connectivity index (χ4v) is 2.39. The Hall–Kier alpha value is -1.94. The van der Waals surface area contributed by atoms with Crippen LogP contribution in [0.2, 0.25) is 0 Å². The number of nitrogens with zero attached hydrogens (tertiary/aromatic N) is 1. The van der Waals surface area contributed by atoms with Crippen LogP contribution in [0.15, 0.2) is 11.2 Å². The second kappa shape index (κ2) is 7.01. The van der Waals surface area contributed by atoms with E-state index in [1.165, 1.54) is 0 Å². The van der Waals surface area contributed by atoms with E-state index in [2.05, 4.69) is 20.2 Å². The van der Waals surface area contributed by atoms with E-state index in [1.807, 2.05) is 0 Å². The third-order valence-electron chi connectivity index (χ3n) is 2.17. The number of sulfonamides is 1. The molecular formula is C10H16N4O5S. The number of amides is 1. The Labute approximate surface area is 116 Å². The van der Waals surface area contributed by atoms with Crippen molar-refractivity contribution in [3.05, 3.63) is 11.8 Å². The molecule has 0 saturated heterocycles. The lowest BCUT2D eigenvalue weighted by molar-refractivity contribution is -0.119. The molecule has 1 heterocycles. The van der Waals surface area contributed by atoms with Gasteiger partial charge < -0.3 is 10.1 Å². The van der Waals surface area contributed by atoms with Crippen molar-refractivity contribution in [2.45, 2.75) is 18.9 Å². The highest BCUT2D eigenvalue weighted by atomic mass is 32.2. The maximum atomic E-state index is 12.0. The zero-order valence-electron chi connectivity index (χ0n) is 11.1. The van der Waals surface area contributed by atoms with Gasteiger partial charge in [-0.05, 0) is 13.8 Å². The molecule has 0 radical (unpaired) electrons. The van der Waals surface area contributed by atoms with Crippen LogP contribution in [0.1, 0.15) is 24.2 Å². The van der Waals surface area contributed by atoms with Crippen molar-refractivity contribution in [2.75, 3.05) is 19.7 Å². The highest BCUT2D eigenvalue weighted by molar-refractivity contribution is 7.89. The van der Waals surface area contributed by atoms with Gasteiger partial charge in [0.1, 0.15) is 5.56 Å². The van der Waals surface area contributed by atoms with E-state index in [1.54, 1.807) is 13.8 Å². The summed E-state index contributed by atoms with van der Waals surface area (Å²) in [5.41, 5.74) is -0.213. The topological polar surface area (TPSA) is 130 Å². The number of aromatic nitrogens is 2. The van der Waals surface area contributed by atoms with Crippen molar-refractivity contribution >= 4 is 21.9 Å². The van der Waals surface area contributed by atoms with Gasteiger partial charge in [-0.3, -0.25) is 9.89 Å². The number of H-pyrrole nitrogens is 1. The average Bonchev–Trinajstić information content (AvgIpc) is 2.87. The Balaban J connectivity index is 2.86. The molecule has 0 bridgehead atoms. The number of rotatable bonds is 7. The third kappa shape index (κ3) is 4.03. The number of hydrogen-bond acceptors (Lipinski definition) is 6. The first-order valence-corrected chi connectivity index (χ1v) is 7.37. The van der Waals surface area contributed by atoms with E-state index in [0.29, 0.717) is 6.54 Å². The monoisotopic (exact) mass is 304 g/mol. The minimum atomic E-state index is -4.05. The summed E-state index contributed by atoms with van der Waals surface area (Å²) in [4.78, 5) is 22.8. The normalized spacial score (nSPS) is 11.1. The summed E-state index contributed by atoms with van der Waals surface area (Å²) in [6.45, 7) is 3.37. The number of aromatic amines is 1. The van der Waals surface area contributed by atoms with E-state index in [0.717, 1.165) is 6.20 Å². The molecule has 9 nitrogen and oxygen atoms in total. The van der Waals surface area contributed by atoms with Crippen LogP contribution in [-0.2, 0) is 19.6 Å². The smallest absolute Gasteiger partial charge is 0.342 e. The van der Waals surface area contributed by atoms with Gasteiger partial charge in [-0.2, -0.15) is 5.10 Å². The molecule has 112 valence electrons. The lowest BCUT2D eigenvalue weighted by Crippen LogP contribution is -2.37. The van der Waals surface area contributed by atoms with Gasteiger partial charge in [0.15, 0.2) is 5.03 Å². The van der Waals surface area contributed by atoms with Gasteiger partial charge in [-0.25, -0.2) is 17.9 Å². The minimum Gasteiger partial charge on any atom is -0.462 e. The van der Waals surface area contributed by atoms with Gasteiger partial charge in [0.2, 0.25) is 5.91 Å². The number of likely N-dealkylation sites (N-methyl/N-ethyl adjacent to an activating group) is 1. The predicted molar refractivity (Wildman–Crippen MR) is 68.4 cm³/mol. The van der Waals surface area contributed by atoms with Gasteiger partial charge in [0.25, 0.3) is 10.0 Å². The molecule has 0 aliphatic carbocycles. The maximum Gasteiger partial charge on any atom is 0.342 e. The van der Waals surface area contributed by atoms with Crippen LogP contribution in [0.25, 0.3) is 0 Å². The van der Waals surface area contributed by atoms with Crippen LogP contribution in [-0.4, -0.2) is 50.2 Å². The van der Waals surface area contributed by atoms with Crippen molar-refractivity contribution in [1.82, 2.24) is 20.2 Å². The summed E-state index contributed by atoms with van der Waals surface area (Å²) in [6.07, 6.45) is 1.05. The lowest BCUT2D eigenvalue weighted by Gasteiger charge is -2.06. The highest BCUT2D eigenvalue weighted by Crippen LogP contribution is 2.12. The molecule has 1 amide bonds. The van der Waals surface area contributed by atoms with Crippen molar-refractivity contribution in [1.29, 1.82) is 0 Å². The second-order valence-electron chi connectivity index (χ2n) is 3.61. The fraction of sp³-hybridized carbons (Fsp3) is 0.500. The standard InChI is InChI=1S/C10H16N4O5S/c1-3-11-8(15)6-13-20(17,18)9-7(5-12-14-9)10(16)19-4-2/h5,13H,3-4,6H2,1-2H3,(H,11,15)(H,12,14). The summed E-state index contributed by atoms with van der Waals surface area (Å²) in [5, 5.41) is 7.73. The van der Waals surface area contributed by atoms with E-state index in [4.69, 9.17) is 4.74 Å². The predicted octanol–water partition coefficient (Wildman–Crippen LogP) is -0.999. The van der Waals surface area contributed by atoms with Crippen LogP contribution < -0.4 is 10.0 Å². The maximum absolute atomic E-state index is 12.0. The Morgan fingerprint density at radius 2 is 2.10 bits per heavy atom. The van der Waals surface area contributed by atoms with Gasteiger partial charge in [-0.15, -0.1) is 0 Å². The van der Waals surface area contributed by atoms with Crippen LogP contribution in [0, 0.1) is 0 Å². The molecule has 0 fully saturated rings. The van der Waals surface area contributed by atoms with Crippen LogP contribution >= 0.6 is 0 Å². The van der Waals surface area contributed by atoms with Crippen LogP contribution in [0.5, 0.6) is 0 Å². The lowest BCUT2D eigenvalue weighted by atomic mass is 10.4. The molecule has 0 aliphatic rings. The molecule has 0 saturated carbocycles. The SMILES string of the molecule is CCNC(=O)CNS(=O)(=O)c1[nH]ncc1C(=O)OCC. The van der Waals surface area contributed by atoms with E-state index in [9.17, 15) is 18.0 Å². The van der Waals surface area contributed by atoms with E-state index >= 15 is 0 Å². The zero-order chi connectivity index (χ0) is 15.2. The molecule has 10 heteroatoms. The largest absolute Gasteiger partial charge is 0.462 e. The van der Waals surface area contributed by atoms with E-state index < -0.39 is 33.5 Å². The Kier molecular flexibility index (Phi) is 5.65. The Bertz CT molecular complexity index is 580. The zero-order valence-corrected chi connectivity index (χ0v) is 11.9. The number of ether oxygens (including phenoxy) is 1. The van der Waals surface area contributed by atoms with E-state index in [-0.39, 0.29) is 12.2 Å². The molecule has 20 heavy (non-hydrogen) atoms. The van der Waals surface area contributed by atoms with Crippen molar-refractivity contribution < 1.29 is 22.7 Å². The molecule has 1 rings (SSSR count). The van der Waals surface area contributed by atoms with Gasteiger partial charge in [0.05, 0.1) is 19.3 Å². The minimum absolute atomic E-state index is 0.107. The fourth-order valence-electron chi connectivity index (χ4n) is 1.33.